The van der Waals surface area contributed by atoms with Gasteiger partial charge >= 0.3 is 0 Å². The average molecular weight is 367 g/mol. The zero-order valence-electron chi connectivity index (χ0n) is 13.4. The van der Waals surface area contributed by atoms with Crippen molar-refractivity contribution >= 4 is 31.5 Å². The summed E-state index contributed by atoms with van der Waals surface area (Å²) in [6, 6.07) is 12.2. The smallest absolute Gasteiger partial charge is 0.207 e. The summed E-state index contributed by atoms with van der Waals surface area (Å²) < 4.78 is 23.7. The molecular weight excluding hydrogens is 348 g/mol. The van der Waals surface area contributed by atoms with Crippen LogP contribution < -0.4 is 0 Å². The minimum Gasteiger partial charge on any atom is -0.207 e. The van der Waals surface area contributed by atoms with Gasteiger partial charge in [-0.3, -0.25) is 0 Å². The van der Waals surface area contributed by atoms with Crippen molar-refractivity contribution in [1.82, 2.24) is 0 Å². The van der Waals surface area contributed by atoms with Crippen molar-refractivity contribution in [3.63, 3.8) is 0 Å². The van der Waals surface area contributed by atoms with Gasteiger partial charge in [-0.25, -0.2) is 8.42 Å². The Morgan fingerprint density at radius 3 is 2.30 bits per heavy atom. The van der Waals surface area contributed by atoms with E-state index in [-0.39, 0.29) is 10.3 Å². The number of rotatable bonds is 3. The van der Waals surface area contributed by atoms with E-state index in [1.54, 1.807) is 17.8 Å². The molecule has 1 aliphatic heterocycles. The number of fused-ring (bicyclic) bond motifs is 2. The third kappa shape index (κ3) is 2.61. The van der Waals surface area contributed by atoms with Crippen LogP contribution >= 0.6 is 22.4 Å². The van der Waals surface area contributed by atoms with Crippen LogP contribution in [-0.4, -0.2) is 8.42 Å². The van der Waals surface area contributed by atoms with Gasteiger partial charge < -0.3 is 0 Å². The predicted octanol–water partition coefficient (Wildman–Crippen LogP) is 5.49. The van der Waals surface area contributed by atoms with Gasteiger partial charge in [-0.2, -0.15) is 0 Å². The van der Waals surface area contributed by atoms with Crippen LogP contribution in [0.5, 0.6) is 0 Å². The van der Waals surface area contributed by atoms with Crippen molar-refractivity contribution in [3.05, 3.63) is 53.1 Å². The van der Waals surface area contributed by atoms with Crippen molar-refractivity contribution in [2.45, 2.75) is 53.7 Å². The molecular formula is C18H19ClO2S2. The van der Waals surface area contributed by atoms with E-state index in [0.717, 1.165) is 17.7 Å². The molecule has 3 rings (SSSR count). The lowest BCUT2D eigenvalue weighted by atomic mass is 9.70. The summed E-state index contributed by atoms with van der Waals surface area (Å²) in [4.78, 5) is 2.41. The van der Waals surface area contributed by atoms with Crippen LogP contribution in [0.4, 0.5) is 0 Å². The first kappa shape index (κ1) is 16.9. The van der Waals surface area contributed by atoms with Gasteiger partial charge in [-0.15, -0.1) is 0 Å². The van der Waals surface area contributed by atoms with Crippen molar-refractivity contribution in [2.75, 3.05) is 0 Å². The van der Waals surface area contributed by atoms with Gasteiger partial charge in [0.25, 0.3) is 9.05 Å². The maximum atomic E-state index is 11.8. The van der Waals surface area contributed by atoms with Crippen LogP contribution in [0, 0.1) is 6.92 Å². The second-order valence-corrected chi connectivity index (χ2v) is 9.56. The molecule has 2 aromatic carbocycles. The number of benzene rings is 2. The summed E-state index contributed by atoms with van der Waals surface area (Å²) >= 11 is 1.63. The van der Waals surface area contributed by atoms with Crippen LogP contribution in [-0.2, 0) is 14.5 Å². The van der Waals surface area contributed by atoms with Gasteiger partial charge in [0.05, 0.1) is 4.90 Å². The molecule has 0 atom stereocenters. The third-order valence-electron chi connectivity index (χ3n) is 4.89. The van der Waals surface area contributed by atoms with Crippen molar-refractivity contribution in [2.24, 2.45) is 0 Å². The zero-order chi connectivity index (χ0) is 16.8. The number of aryl methyl sites for hydroxylation is 1. The van der Waals surface area contributed by atoms with Crippen molar-refractivity contribution < 1.29 is 8.42 Å². The van der Waals surface area contributed by atoms with Gasteiger partial charge in [0, 0.05) is 25.9 Å². The Morgan fingerprint density at radius 1 is 1.04 bits per heavy atom. The minimum atomic E-state index is -3.74. The molecule has 23 heavy (non-hydrogen) atoms. The maximum Gasteiger partial charge on any atom is 0.261 e. The molecule has 1 aliphatic rings. The average Bonchev–Trinajstić information content (AvgIpc) is 2.51. The molecule has 2 nitrogen and oxygen atoms in total. The Bertz CT molecular complexity index is 869. The van der Waals surface area contributed by atoms with E-state index in [0.29, 0.717) is 5.56 Å². The van der Waals surface area contributed by atoms with E-state index in [1.807, 2.05) is 19.1 Å². The Balaban J connectivity index is 2.34. The molecule has 0 aliphatic carbocycles. The molecule has 5 heteroatoms. The van der Waals surface area contributed by atoms with Gasteiger partial charge in [-0.05, 0) is 48.6 Å². The molecule has 0 radical (unpaired) electrons. The predicted molar refractivity (Wildman–Crippen MR) is 96.1 cm³/mol. The molecule has 0 unspecified atom stereocenters. The number of hydrogen-bond acceptors (Lipinski definition) is 3. The van der Waals surface area contributed by atoms with Crippen LogP contribution in [0.3, 0.4) is 0 Å². The summed E-state index contributed by atoms with van der Waals surface area (Å²) in [6.07, 6.45) is 1.95. The standard InChI is InChI=1S/C18H19ClO2S2/c1-4-18(5-2)13-8-6-7-9-15(13)22-16-11-17(23(19,20)21)12(3)10-14(16)18/h6-11H,4-5H2,1-3H3. The largest absolute Gasteiger partial charge is 0.261 e. The fourth-order valence-corrected chi connectivity index (χ4v) is 6.19. The molecule has 122 valence electrons. The molecule has 1 heterocycles. The number of halogens is 1. The highest BCUT2D eigenvalue weighted by atomic mass is 35.7. The third-order valence-corrected chi connectivity index (χ3v) is 7.48. The molecule has 0 amide bonds. The fraction of sp³-hybridized carbons (Fsp3) is 0.333. The molecule has 0 saturated carbocycles. The Labute approximate surface area is 146 Å². The summed E-state index contributed by atoms with van der Waals surface area (Å²) in [5.41, 5.74) is 3.19. The minimum absolute atomic E-state index is 0.0729. The highest BCUT2D eigenvalue weighted by molar-refractivity contribution is 8.13. The lowest BCUT2D eigenvalue weighted by molar-refractivity contribution is 0.457. The second kappa shape index (κ2) is 5.83. The van der Waals surface area contributed by atoms with E-state index < -0.39 is 9.05 Å². The summed E-state index contributed by atoms with van der Waals surface area (Å²) in [5.74, 6) is 0. The lowest BCUT2D eigenvalue weighted by Crippen LogP contribution is -2.30. The van der Waals surface area contributed by atoms with Crippen molar-refractivity contribution in [1.29, 1.82) is 0 Å². The lowest BCUT2D eigenvalue weighted by Gasteiger charge is -2.40. The first-order valence-electron chi connectivity index (χ1n) is 7.70. The molecule has 0 N–H and O–H groups in total. The van der Waals surface area contributed by atoms with Crippen LogP contribution in [0.2, 0.25) is 0 Å². The van der Waals surface area contributed by atoms with Crippen LogP contribution in [0.1, 0.15) is 43.4 Å². The Kier molecular flexibility index (Phi) is 4.28. The molecule has 0 bridgehead atoms. The monoisotopic (exact) mass is 366 g/mol. The molecule has 0 fully saturated rings. The van der Waals surface area contributed by atoms with Crippen LogP contribution in [0.25, 0.3) is 0 Å². The fourth-order valence-electron chi connectivity index (χ4n) is 3.62. The first-order chi connectivity index (χ1) is 10.8. The Morgan fingerprint density at radius 2 is 1.70 bits per heavy atom. The number of hydrogen-bond donors (Lipinski definition) is 0. The van der Waals surface area contributed by atoms with E-state index >= 15 is 0 Å². The van der Waals surface area contributed by atoms with Gasteiger partial charge in [-0.1, -0.05) is 49.9 Å². The SMILES string of the molecule is CCC1(CC)c2ccccc2Sc2cc(S(=O)(=O)Cl)c(C)cc21. The van der Waals surface area contributed by atoms with Gasteiger partial charge in [0.1, 0.15) is 0 Å². The second-order valence-electron chi connectivity index (χ2n) is 5.94. The molecule has 0 spiro atoms. The zero-order valence-corrected chi connectivity index (χ0v) is 15.8. The topological polar surface area (TPSA) is 34.1 Å². The van der Waals surface area contributed by atoms with E-state index in [4.69, 9.17) is 10.7 Å². The van der Waals surface area contributed by atoms with Gasteiger partial charge in [0.15, 0.2) is 0 Å². The van der Waals surface area contributed by atoms with Gasteiger partial charge in [0.2, 0.25) is 0 Å². The highest BCUT2D eigenvalue weighted by Crippen LogP contribution is 2.53. The molecule has 0 aromatic heterocycles. The van der Waals surface area contributed by atoms with Crippen LogP contribution in [0.15, 0.2) is 51.1 Å². The van der Waals surface area contributed by atoms with E-state index in [1.165, 1.54) is 16.0 Å². The quantitative estimate of drug-likeness (QED) is 0.673. The summed E-state index contributed by atoms with van der Waals surface area (Å²) in [7, 11) is 1.87. The highest BCUT2D eigenvalue weighted by Gasteiger charge is 2.39. The first-order valence-corrected chi connectivity index (χ1v) is 10.8. The summed E-state index contributed by atoms with van der Waals surface area (Å²) in [5, 5.41) is 0. The van der Waals surface area contributed by atoms with Crippen molar-refractivity contribution in [3.8, 4) is 0 Å². The van der Waals surface area contributed by atoms with E-state index in [9.17, 15) is 8.42 Å². The molecule has 0 saturated heterocycles. The molecule has 2 aromatic rings. The normalized spacial score (nSPS) is 15.8. The van der Waals surface area contributed by atoms with E-state index in [2.05, 4.69) is 32.0 Å². The summed E-state index contributed by atoms with van der Waals surface area (Å²) in [6.45, 7) is 6.21. The maximum absolute atomic E-state index is 11.8. The Hall–Kier alpha value is -0.970.